The van der Waals surface area contributed by atoms with Gasteiger partial charge < -0.3 is 9.64 Å². The van der Waals surface area contributed by atoms with Crippen LogP contribution < -0.4 is 4.90 Å². The zero-order valence-electron chi connectivity index (χ0n) is 19.4. The first-order chi connectivity index (χ1) is 14.5. The molecular formula is C24H32N2O4S. The molecule has 6 nitrogen and oxygen atoms in total. The molecule has 7 heteroatoms. The van der Waals surface area contributed by atoms with E-state index in [1.165, 1.54) is 25.3 Å². The van der Waals surface area contributed by atoms with Crippen LogP contribution in [0.15, 0.2) is 17.0 Å². The second kappa shape index (κ2) is 8.69. The van der Waals surface area contributed by atoms with Gasteiger partial charge in [-0.25, -0.2) is 4.79 Å². The predicted molar refractivity (Wildman–Crippen MR) is 125 cm³/mol. The maximum Gasteiger partial charge on any atom is 0.328 e. The van der Waals surface area contributed by atoms with Gasteiger partial charge in [0.1, 0.15) is 6.04 Å². The molecule has 1 aromatic rings. The largest absolute Gasteiger partial charge is 0.467 e. The normalized spacial score (nSPS) is 22.7. The van der Waals surface area contributed by atoms with Crippen molar-refractivity contribution >= 4 is 40.6 Å². The highest BCUT2D eigenvalue weighted by molar-refractivity contribution is 8.18. The number of rotatable bonds is 5. The van der Waals surface area contributed by atoms with E-state index in [1.807, 2.05) is 6.92 Å². The summed E-state index contributed by atoms with van der Waals surface area (Å²) < 4.78 is 4.70. The number of hydrogen-bond acceptors (Lipinski definition) is 6. The summed E-state index contributed by atoms with van der Waals surface area (Å²) in [7, 11) is 1.24. The molecule has 0 N–H and O–H groups in total. The van der Waals surface area contributed by atoms with Crippen molar-refractivity contribution in [2.24, 2.45) is 0 Å². The van der Waals surface area contributed by atoms with Crippen LogP contribution in [0.25, 0.3) is 6.08 Å². The molecule has 3 rings (SSSR count). The Bertz CT molecular complexity index is 953. The fourth-order valence-electron chi connectivity index (χ4n) is 4.68. The molecule has 0 saturated carbocycles. The Morgan fingerprint density at radius 3 is 2.65 bits per heavy atom. The lowest BCUT2D eigenvalue weighted by Gasteiger charge is -2.48. The number of hydrogen-bond donors (Lipinski definition) is 0. The molecule has 2 atom stereocenters. The van der Waals surface area contributed by atoms with Gasteiger partial charge in [-0.2, -0.15) is 0 Å². The summed E-state index contributed by atoms with van der Waals surface area (Å²) in [4.78, 5) is 40.9. The molecule has 2 aliphatic rings. The minimum absolute atomic E-state index is 0.0864. The highest BCUT2D eigenvalue weighted by Gasteiger charge is 2.41. The van der Waals surface area contributed by atoms with Crippen LogP contribution in [-0.4, -0.2) is 47.3 Å². The maximum atomic E-state index is 12.9. The van der Waals surface area contributed by atoms with Crippen molar-refractivity contribution in [1.82, 2.24) is 4.90 Å². The number of ether oxygens (including phenoxy) is 1. The lowest BCUT2D eigenvalue weighted by atomic mass is 9.79. The molecule has 0 aromatic heterocycles. The fraction of sp³-hybridized carbons (Fsp3) is 0.542. The number of methoxy groups -OCH3 is 1. The average Bonchev–Trinajstić information content (AvgIpc) is 2.97. The lowest BCUT2D eigenvalue weighted by Crippen LogP contribution is -2.48. The zero-order chi connectivity index (χ0) is 23.1. The molecule has 0 radical (unpaired) electrons. The van der Waals surface area contributed by atoms with Gasteiger partial charge in [-0.15, -0.1) is 0 Å². The molecule has 0 bridgehead atoms. The summed E-state index contributed by atoms with van der Waals surface area (Å²) in [5, 5.41) is -0.450. The van der Waals surface area contributed by atoms with Crippen LogP contribution in [0.4, 0.5) is 10.5 Å². The SMILES string of the molecule is CCCN1c2cc(C)c(/C=C3\SC(=O)N(C(C)C(=O)OC)C3=O)cc2C(C)CC1(C)C. The van der Waals surface area contributed by atoms with Crippen molar-refractivity contribution in [3.63, 3.8) is 0 Å². The van der Waals surface area contributed by atoms with Crippen molar-refractivity contribution in [3.8, 4) is 0 Å². The van der Waals surface area contributed by atoms with Crippen LogP contribution in [-0.2, 0) is 14.3 Å². The molecule has 2 heterocycles. The highest BCUT2D eigenvalue weighted by Crippen LogP contribution is 2.45. The Morgan fingerprint density at radius 2 is 2.03 bits per heavy atom. The Labute approximate surface area is 189 Å². The van der Waals surface area contributed by atoms with E-state index in [4.69, 9.17) is 4.74 Å². The standard InChI is InChI=1S/C24H32N2O4S/c1-8-9-25-19-10-14(2)17(11-18(19)15(3)13-24(25,5)6)12-20-21(27)26(23(29)31-20)16(4)22(28)30-7/h10-12,15-16H,8-9,13H2,1-7H3/b20-12-. The smallest absolute Gasteiger partial charge is 0.328 e. The van der Waals surface area contributed by atoms with Crippen molar-refractivity contribution in [1.29, 1.82) is 0 Å². The van der Waals surface area contributed by atoms with E-state index in [1.54, 1.807) is 6.08 Å². The minimum Gasteiger partial charge on any atom is -0.467 e. The monoisotopic (exact) mass is 444 g/mol. The van der Waals surface area contributed by atoms with Crippen molar-refractivity contribution in [2.75, 3.05) is 18.6 Å². The molecular weight excluding hydrogens is 412 g/mol. The number of carbonyl (C=O) groups excluding carboxylic acids is 3. The van der Waals surface area contributed by atoms with E-state index in [9.17, 15) is 14.4 Å². The molecule has 168 valence electrons. The Hall–Kier alpha value is -2.28. The number of fused-ring (bicyclic) bond motifs is 1. The number of benzene rings is 1. The van der Waals surface area contributed by atoms with Crippen LogP contribution in [0, 0.1) is 6.92 Å². The predicted octanol–water partition coefficient (Wildman–Crippen LogP) is 5.10. The second-order valence-corrected chi connectivity index (χ2v) is 10.1. The van der Waals surface area contributed by atoms with Crippen LogP contribution in [0.1, 0.15) is 70.1 Å². The van der Waals surface area contributed by atoms with E-state index in [-0.39, 0.29) is 5.54 Å². The first-order valence-corrected chi connectivity index (χ1v) is 11.6. The quantitative estimate of drug-likeness (QED) is 0.465. The topological polar surface area (TPSA) is 66.9 Å². The summed E-state index contributed by atoms with van der Waals surface area (Å²) in [5.74, 6) is -0.673. The summed E-state index contributed by atoms with van der Waals surface area (Å²) in [6.07, 6.45) is 3.90. The van der Waals surface area contributed by atoms with Crippen LogP contribution in [0.5, 0.6) is 0 Å². The first kappa shape index (κ1) is 23.4. The summed E-state index contributed by atoms with van der Waals surface area (Å²) in [5.41, 5.74) is 4.60. The summed E-state index contributed by atoms with van der Waals surface area (Å²) in [6, 6.07) is 3.42. The molecule has 0 spiro atoms. The van der Waals surface area contributed by atoms with Crippen molar-refractivity contribution < 1.29 is 19.1 Å². The van der Waals surface area contributed by atoms with Crippen LogP contribution in [0.3, 0.4) is 0 Å². The molecule has 1 fully saturated rings. The lowest BCUT2D eigenvalue weighted by molar-refractivity contribution is -0.148. The van der Waals surface area contributed by atoms with E-state index in [0.29, 0.717) is 10.8 Å². The first-order valence-electron chi connectivity index (χ1n) is 10.8. The summed E-state index contributed by atoms with van der Waals surface area (Å²) in [6.45, 7) is 13.6. The third kappa shape index (κ3) is 4.25. The van der Waals surface area contributed by atoms with Gasteiger partial charge in [-0.1, -0.05) is 13.8 Å². The van der Waals surface area contributed by atoms with E-state index >= 15 is 0 Å². The van der Waals surface area contributed by atoms with Crippen molar-refractivity contribution in [3.05, 3.63) is 33.7 Å². The molecule has 31 heavy (non-hydrogen) atoms. The number of imide groups is 1. The van der Waals surface area contributed by atoms with Gasteiger partial charge in [0, 0.05) is 17.8 Å². The number of aryl methyl sites for hydroxylation is 1. The molecule has 2 aliphatic heterocycles. The second-order valence-electron chi connectivity index (χ2n) is 9.09. The third-order valence-electron chi connectivity index (χ3n) is 6.26. The molecule has 0 aliphatic carbocycles. The van der Waals surface area contributed by atoms with Gasteiger partial charge >= 0.3 is 5.97 Å². The van der Waals surface area contributed by atoms with Gasteiger partial charge in [-0.3, -0.25) is 14.5 Å². The number of anilines is 1. The Kier molecular flexibility index (Phi) is 6.56. The molecule has 1 aromatic carbocycles. The van der Waals surface area contributed by atoms with E-state index in [2.05, 4.69) is 44.7 Å². The average molecular weight is 445 g/mol. The number of nitrogens with zero attached hydrogens (tertiary/aromatic N) is 2. The number of thioether (sulfide) groups is 1. The minimum atomic E-state index is -0.946. The Morgan fingerprint density at radius 1 is 1.35 bits per heavy atom. The van der Waals surface area contributed by atoms with E-state index < -0.39 is 23.2 Å². The molecule has 1 saturated heterocycles. The van der Waals surface area contributed by atoms with Gasteiger partial charge in [0.15, 0.2) is 0 Å². The summed E-state index contributed by atoms with van der Waals surface area (Å²) >= 11 is 0.869. The van der Waals surface area contributed by atoms with Crippen molar-refractivity contribution in [2.45, 2.75) is 71.9 Å². The highest BCUT2D eigenvalue weighted by atomic mass is 32.2. The number of esters is 1. The van der Waals surface area contributed by atoms with Gasteiger partial charge in [-0.05, 0) is 93.1 Å². The number of amides is 2. The molecule has 2 unspecified atom stereocenters. The fourth-order valence-corrected chi connectivity index (χ4v) is 5.58. The third-order valence-corrected chi connectivity index (χ3v) is 7.14. The molecule has 2 amide bonds. The van der Waals surface area contributed by atoms with Gasteiger partial charge in [0.25, 0.3) is 11.1 Å². The van der Waals surface area contributed by atoms with E-state index in [0.717, 1.165) is 47.2 Å². The zero-order valence-corrected chi connectivity index (χ0v) is 20.3. The van der Waals surface area contributed by atoms with Gasteiger partial charge in [0.05, 0.1) is 12.0 Å². The van der Waals surface area contributed by atoms with Gasteiger partial charge in [0.2, 0.25) is 0 Å². The van der Waals surface area contributed by atoms with Crippen LogP contribution >= 0.6 is 11.8 Å². The maximum absolute atomic E-state index is 12.9. The number of carbonyl (C=O) groups is 3. The Balaban J connectivity index is 2.00. The van der Waals surface area contributed by atoms with Crippen LogP contribution in [0.2, 0.25) is 0 Å².